The molecule has 2 N–H and O–H groups in total. The molecule has 1 aromatic carbocycles. The normalized spacial score (nSPS) is 12.1. The third-order valence-electron chi connectivity index (χ3n) is 2.00. The Hall–Kier alpha value is -1.24. The highest BCUT2D eigenvalue weighted by Gasteiger charge is 2.14. The second-order valence-electron chi connectivity index (χ2n) is 2.92. The van der Waals surface area contributed by atoms with E-state index >= 15 is 0 Å². The minimum Gasteiger partial charge on any atom is -0.506 e. The predicted octanol–water partition coefficient (Wildman–Crippen LogP) is 1.65. The van der Waals surface area contributed by atoms with Crippen LogP contribution in [-0.2, 0) is 10.3 Å². The van der Waals surface area contributed by atoms with Crippen LogP contribution in [0.25, 0.3) is 10.9 Å². The van der Waals surface area contributed by atoms with Crippen LogP contribution in [-0.4, -0.2) is 22.0 Å². The Balaban J connectivity index is 2.90. The van der Waals surface area contributed by atoms with E-state index in [2.05, 4.69) is 0 Å². The van der Waals surface area contributed by atoms with E-state index in [0.717, 1.165) is 6.20 Å². The van der Waals surface area contributed by atoms with E-state index in [9.17, 15) is 13.5 Å². The Morgan fingerprint density at radius 2 is 1.93 bits per heavy atom. The maximum absolute atomic E-state index is 10.9. The van der Waals surface area contributed by atoms with Crippen LogP contribution in [0.3, 0.4) is 0 Å². The Bertz CT molecular complexity index is 631. The number of phenolic OH excluding ortho intramolecular Hbond substituents is 1. The Morgan fingerprint density at radius 3 is 2.53 bits per heavy atom. The molecule has 2 rings (SSSR count). The van der Waals surface area contributed by atoms with Crippen LogP contribution in [0.1, 0.15) is 0 Å². The summed E-state index contributed by atoms with van der Waals surface area (Å²) in [5.74, 6) is -0.141. The summed E-state index contributed by atoms with van der Waals surface area (Å²) < 4.78 is 31.4. The number of hydrogen-bond acceptors (Lipinski definition) is 3. The number of benzene rings is 1. The zero-order valence-corrected chi connectivity index (χ0v) is 8.83. The van der Waals surface area contributed by atoms with Gasteiger partial charge in [0.2, 0.25) is 0 Å². The van der Waals surface area contributed by atoms with E-state index < -0.39 is 10.3 Å². The van der Waals surface area contributed by atoms with Gasteiger partial charge in [0.05, 0.1) is 10.5 Å². The fourth-order valence-corrected chi connectivity index (χ4v) is 2.19. The van der Waals surface area contributed by atoms with E-state index in [4.69, 9.17) is 16.2 Å². The highest BCUT2D eigenvalue weighted by atomic mass is 35.5. The van der Waals surface area contributed by atoms with Crippen molar-refractivity contribution in [1.29, 1.82) is 0 Å². The quantitative estimate of drug-likeness (QED) is 0.751. The summed E-state index contributed by atoms with van der Waals surface area (Å²) in [7, 11) is -4.34. The molecular weight excluding hydrogens is 242 g/mol. The molecule has 0 atom stereocenters. The van der Waals surface area contributed by atoms with Crippen molar-refractivity contribution in [1.82, 2.24) is 3.97 Å². The van der Waals surface area contributed by atoms with Gasteiger partial charge in [-0.1, -0.05) is 11.6 Å². The van der Waals surface area contributed by atoms with Crippen molar-refractivity contribution in [3.8, 4) is 5.75 Å². The molecule has 2 aromatic rings. The molecule has 0 bridgehead atoms. The number of aromatic nitrogens is 1. The van der Waals surface area contributed by atoms with Gasteiger partial charge in [-0.3, -0.25) is 4.55 Å². The summed E-state index contributed by atoms with van der Waals surface area (Å²) in [6.07, 6.45) is 1.16. The third kappa shape index (κ3) is 1.56. The summed E-state index contributed by atoms with van der Waals surface area (Å²) in [4.78, 5) is 0. The molecule has 1 heterocycles. The first-order chi connectivity index (χ1) is 6.91. The molecular formula is C8H6ClNO4S. The van der Waals surface area contributed by atoms with Crippen LogP contribution in [0, 0.1) is 0 Å². The number of rotatable bonds is 1. The molecule has 0 unspecified atom stereocenters. The molecule has 0 fully saturated rings. The van der Waals surface area contributed by atoms with Gasteiger partial charge < -0.3 is 5.11 Å². The van der Waals surface area contributed by atoms with Crippen LogP contribution in [0.5, 0.6) is 5.75 Å². The van der Waals surface area contributed by atoms with Crippen LogP contribution >= 0.6 is 11.6 Å². The predicted molar refractivity (Wildman–Crippen MR) is 55.6 cm³/mol. The smallest absolute Gasteiger partial charge is 0.363 e. The van der Waals surface area contributed by atoms with Gasteiger partial charge in [-0.2, -0.15) is 8.42 Å². The van der Waals surface area contributed by atoms with E-state index in [-0.39, 0.29) is 16.3 Å². The van der Waals surface area contributed by atoms with Crippen molar-refractivity contribution in [2.45, 2.75) is 0 Å². The largest absolute Gasteiger partial charge is 0.506 e. The van der Waals surface area contributed by atoms with Crippen molar-refractivity contribution in [3.05, 3.63) is 29.4 Å². The van der Waals surface area contributed by atoms with E-state index in [0.29, 0.717) is 9.36 Å². The number of hydrogen-bond donors (Lipinski definition) is 2. The van der Waals surface area contributed by atoms with E-state index in [1.54, 1.807) is 0 Å². The van der Waals surface area contributed by atoms with Crippen molar-refractivity contribution >= 4 is 32.8 Å². The van der Waals surface area contributed by atoms with Gasteiger partial charge in [0.15, 0.2) is 0 Å². The van der Waals surface area contributed by atoms with Crippen LogP contribution in [0.4, 0.5) is 0 Å². The minimum absolute atomic E-state index is 0.0508. The zero-order valence-electron chi connectivity index (χ0n) is 7.25. The SMILES string of the molecule is O=S(=O)(O)n1ccc2c(Cl)c(O)ccc21. The minimum atomic E-state index is -4.34. The average Bonchev–Trinajstić information content (AvgIpc) is 2.54. The Morgan fingerprint density at radius 1 is 1.27 bits per heavy atom. The van der Waals surface area contributed by atoms with Gasteiger partial charge in [-0.05, 0) is 18.2 Å². The van der Waals surface area contributed by atoms with Crippen LogP contribution in [0.15, 0.2) is 24.4 Å². The average molecular weight is 248 g/mol. The summed E-state index contributed by atoms with van der Waals surface area (Å²) in [6, 6.07) is 4.00. The molecule has 0 aliphatic carbocycles. The lowest BCUT2D eigenvalue weighted by Crippen LogP contribution is -2.08. The topological polar surface area (TPSA) is 79.5 Å². The fourth-order valence-electron chi connectivity index (χ4n) is 1.35. The van der Waals surface area contributed by atoms with Crippen molar-refractivity contribution in [3.63, 3.8) is 0 Å². The Labute approximate surface area is 90.4 Å². The van der Waals surface area contributed by atoms with Crippen LogP contribution in [0.2, 0.25) is 5.02 Å². The van der Waals surface area contributed by atoms with Crippen molar-refractivity contribution in [2.75, 3.05) is 0 Å². The monoisotopic (exact) mass is 247 g/mol. The number of phenols is 1. The van der Waals surface area contributed by atoms with Crippen molar-refractivity contribution in [2.24, 2.45) is 0 Å². The molecule has 0 radical (unpaired) electrons. The second-order valence-corrected chi connectivity index (χ2v) is 4.59. The Kier molecular flexibility index (Phi) is 2.14. The number of nitrogens with zero attached hydrogens (tertiary/aromatic N) is 1. The highest BCUT2D eigenvalue weighted by Crippen LogP contribution is 2.32. The number of halogens is 1. The standard InChI is InChI=1S/C8H6ClNO4S/c9-8-5-3-4-10(15(12,13)14)6(5)1-2-7(8)11/h1-4,11H,(H,12,13,14). The lowest BCUT2D eigenvalue weighted by molar-refractivity contribution is 0.473. The summed E-state index contributed by atoms with van der Waals surface area (Å²) in [5.41, 5.74) is 0.209. The van der Waals surface area contributed by atoms with Gasteiger partial charge in [-0.25, -0.2) is 3.97 Å². The fraction of sp³-hybridized carbons (Fsp3) is 0. The zero-order chi connectivity index (χ0) is 11.2. The molecule has 0 aliphatic heterocycles. The van der Waals surface area contributed by atoms with Gasteiger partial charge in [-0.15, -0.1) is 0 Å². The first-order valence-electron chi connectivity index (χ1n) is 3.88. The van der Waals surface area contributed by atoms with E-state index in [1.165, 1.54) is 18.2 Å². The van der Waals surface area contributed by atoms with Gasteiger partial charge >= 0.3 is 10.3 Å². The van der Waals surface area contributed by atoms with E-state index in [1.807, 2.05) is 0 Å². The summed E-state index contributed by atoms with van der Waals surface area (Å²) in [6.45, 7) is 0. The first-order valence-corrected chi connectivity index (χ1v) is 5.65. The molecule has 0 saturated heterocycles. The molecule has 0 spiro atoms. The molecule has 0 saturated carbocycles. The molecule has 0 amide bonds. The molecule has 7 heteroatoms. The highest BCUT2D eigenvalue weighted by molar-refractivity contribution is 7.84. The molecule has 5 nitrogen and oxygen atoms in total. The molecule has 0 aliphatic rings. The second kappa shape index (κ2) is 3.13. The maximum atomic E-state index is 10.9. The summed E-state index contributed by atoms with van der Waals surface area (Å²) >= 11 is 5.75. The van der Waals surface area contributed by atoms with Gasteiger partial charge in [0.1, 0.15) is 5.75 Å². The molecule has 80 valence electrons. The van der Waals surface area contributed by atoms with Gasteiger partial charge in [0, 0.05) is 11.6 Å². The number of aromatic hydroxyl groups is 1. The van der Waals surface area contributed by atoms with Crippen molar-refractivity contribution < 1.29 is 18.1 Å². The first kappa shape index (κ1) is 10.3. The summed E-state index contributed by atoms with van der Waals surface area (Å²) in [5, 5.41) is 9.68. The maximum Gasteiger partial charge on any atom is 0.363 e. The van der Waals surface area contributed by atoms with Gasteiger partial charge in [0.25, 0.3) is 0 Å². The lowest BCUT2D eigenvalue weighted by Gasteiger charge is -2.01. The third-order valence-corrected chi connectivity index (χ3v) is 3.21. The molecule has 1 aromatic heterocycles. The number of fused-ring (bicyclic) bond motifs is 1. The lowest BCUT2D eigenvalue weighted by atomic mass is 10.2. The molecule has 15 heavy (non-hydrogen) atoms. The van der Waals surface area contributed by atoms with Crippen LogP contribution < -0.4 is 0 Å².